The lowest BCUT2D eigenvalue weighted by Gasteiger charge is -2.19. The number of pyridine rings is 1. The molecule has 0 spiro atoms. The third-order valence-corrected chi connectivity index (χ3v) is 3.55. The number of amides is 1. The van der Waals surface area contributed by atoms with Gasteiger partial charge >= 0.3 is 0 Å². The summed E-state index contributed by atoms with van der Waals surface area (Å²) in [5, 5.41) is 2.78. The Kier molecular flexibility index (Phi) is 4.47. The third kappa shape index (κ3) is 3.83. The van der Waals surface area contributed by atoms with Gasteiger partial charge < -0.3 is 9.88 Å². The normalized spacial score (nSPS) is 11.9. The summed E-state index contributed by atoms with van der Waals surface area (Å²) >= 11 is 0. The first-order valence-electron chi connectivity index (χ1n) is 7.31. The van der Waals surface area contributed by atoms with E-state index < -0.39 is 0 Å². The highest BCUT2D eigenvalue weighted by Crippen LogP contribution is 2.23. The molecule has 3 aromatic rings. The molecule has 4 nitrogen and oxygen atoms in total. The Morgan fingerprint density at radius 3 is 2.48 bits per heavy atom. The van der Waals surface area contributed by atoms with Gasteiger partial charge in [-0.15, -0.1) is 0 Å². The maximum absolute atomic E-state index is 13.1. The Morgan fingerprint density at radius 1 is 1.09 bits per heavy atom. The van der Waals surface area contributed by atoms with E-state index in [0.717, 1.165) is 5.56 Å². The molecule has 23 heavy (non-hydrogen) atoms. The van der Waals surface area contributed by atoms with E-state index in [2.05, 4.69) is 10.3 Å². The number of hydrogen-bond donors (Lipinski definition) is 1. The summed E-state index contributed by atoms with van der Waals surface area (Å²) in [4.78, 5) is 16.4. The van der Waals surface area contributed by atoms with Crippen LogP contribution in [0.2, 0.25) is 0 Å². The van der Waals surface area contributed by atoms with Gasteiger partial charge in [-0.1, -0.05) is 18.2 Å². The second-order valence-corrected chi connectivity index (χ2v) is 5.16. The zero-order valence-electron chi connectivity index (χ0n) is 12.4. The average Bonchev–Trinajstić information content (AvgIpc) is 3.09. The summed E-state index contributed by atoms with van der Waals surface area (Å²) in [6, 6.07) is 15.1. The predicted octanol–water partition coefficient (Wildman–Crippen LogP) is 3.64. The van der Waals surface area contributed by atoms with Crippen LogP contribution in [0, 0.1) is 5.82 Å². The second kappa shape index (κ2) is 6.87. The minimum atomic E-state index is -0.294. The van der Waals surface area contributed by atoms with Crippen molar-refractivity contribution in [1.29, 1.82) is 0 Å². The van der Waals surface area contributed by atoms with E-state index in [4.69, 9.17) is 0 Å². The summed E-state index contributed by atoms with van der Waals surface area (Å²) in [7, 11) is 0. The van der Waals surface area contributed by atoms with Crippen LogP contribution in [0.5, 0.6) is 0 Å². The number of aromatic nitrogens is 2. The molecule has 0 aliphatic carbocycles. The maximum Gasteiger partial charge on any atom is 0.227 e. The fraction of sp³-hybridized carbons (Fsp3) is 0.111. The molecule has 1 unspecified atom stereocenters. The molecule has 1 aromatic carbocycles. The molecule has 0 aliphatic rings. The molecule has 0 bridgehead atoms. The van der Waals surface area contributed by atoms with Gasteiger partial charge in [0.15, 0.2) is 0 Å². The number of carbonyl (C=O) groups excluding carboxylic acids is 1. The van der Waals surface area contributed by atoms with Gasteiger partial charge in [-0.05, 0) is 42.0 Å². The van der Waals surface area contributed by atoms with Crippen molar-refractivity contribution in [3.63, 3.8) is 0 Å². The monoisotopic (exact) mass is 309 g/mol. The van der Waals surface area contributed by atoms with Crippen LogP contribution in [-0.4, -0.2) is 15.5 Å². The first kappa shape index (κ1) is 15.0. The number of halogens is 1. The standard InChI is InChI=1S/C18H16FN3O/c19-15-8-6-14(7-9-15)16(22-11-3-4-12-22)13-18(23)21-17-5-1-2-10-20-17/h1-12,16H,13H2,(H,20,21,23). The van der Waals surface area contributed by atoms with Crippen LogP contribution < -0.4 is 5.32 Å². The van der Waals surface area contributed by atoms with Crippen molar-refractivity contribution in [2.45, 2.75) is 12.5 Å². The van der Waals surface area contributed by atoms with E-state index in [-0.39, 0.29) is 24.2 Å². The molecule has 0 radical (unpaired) electrons. The van der Waals surface area contributed by atoms with Crippen LogP contribution in [-0.2, 0) is 4.79 Å². The highest BCUT2D eigenvalue weighted by atomic mass is 19.1. The predicted molar refractivity (Wildman–Crippen MR) is 86.5 cm³/mol. The van der Waals surface area contributed by atoms with Crippen molar-refractivity contribution >= 4 is 11.7 Å². The van der Waals surface area contributed by atoms with E-state index in [9.17, 15) is 9.18 Å². The molecule has 0 saturated heterocycles. The smallest absolute Gasteiger partial charge is 0.227 e. The Bertz CT molecular complexity index is 755. The van der Waals surface area contributed by atoms with Crippen molar-refractivity contribution in [2.24, 2.45) is 0 Å². The molecule has 1 N–H and O–H groups in total. The van der Waals surface area contributed by atoms with E-state index in [1.807, 2.05) is 35.2 Å². The largest absolute Gasteiger partial charge is 0.346 e. The van der Waals surface area contributed by atoms with Crippen molar-refractivity contribution in [3.05, 3.63) is 84.6 Å². The Labute approximate surface area is 133 Å². The molecule has 0 aliphatic heterocycles. The fourth-order valence-electron chi connectivity index (χ4n) is 2.44. The minimum Gasteiger partial charge on any atom is -0.346 e. The molecule has 0 fully saturated rings. The van der Waals surface area contributed by atoms with Crippen LogP contribution >= 0.6 is 0 Å². The number of nitrogens with zero attached hydrogens (tertiary/aromatic N) is 2. The van der Waals surface area contributed by atoms with Crippen molar-refractivity contribution in [1.82, 2.24) is 9.55 Å². The minimum absolute atomic E-state index is 0.147. The lowest BCUT2D eigenvalue weighted by Crippen LogP contribution is -2.20. The van der Waals surface area contributed by atoms with Gasteiger partial charge in [-0.25, -0.2) is 9.37 Å². The maximum atomic E-state index is 13.1. The van der Waals surface area contributed by atoms with Gasteiger partial charge in [-0.3, -0.25) is 4.79 Å². The Balaban J connectivity index is 1.79. The van der Waals surface area contributed by atoms with E-state index in [1.54, 1.807) is 30.5 Å². The zero-order chi connectivity index (χ0) is 16.1. The van der Waals surface area contributed by atoms with Gasteiger partial charge in [0.25, 0.3) is 0 Å². The highest BCUT2D eigenvalue weighted by molar-refractivity contribution is 5.90. The van der Waals surface area contributed by atoms with E-state index in [0.29, 0.717) is 5.82 Å². The van der Waals surface area contributed by atoms with Crippen LogP contribution in [0.4, 0.5) is 10.2 Å². The summed E-state index contributed by atoms with van der Waals surface area (Å²) in [5.74, 6) is 0.0764. The van der Waals surface area contributed by atoms with E-state index >= 15 is 0 Å². The molecular formula is C18H16FN3O. The van der Waals surface area contributed by atoms with Crippen molar-refractivity contribution in [3.8, 4) is 0 Å². The molecule has 116 valence electrons. The SMILES string of the molecule is O=C(CC(c1ccc(F)cc1)n1cccc1)Nc1ccccn1. The van der Waals surface area contributed by atoms with Crippen molar-refractivity contribution in [2.75, 3.05) is 5.32 Å². The summed E-state index contributed by atoms with van der Waals surface area (Å²) in [5.41, 5.74) is 0.874. The van der Waals surface area contributed by atoms with Gasteiger partial charge in [-0.2, -0.15) is 0 Å². The molecule has 1 atom stereocenters. The van der Waals surface area contributed by atoms with Gasteiger partial charge in [0.1, 0.15) is 11.6 Å². The van der Waals surface area contributed by atoms with Crippen LogP contribution in [0.3, 0.4) is 0 Å². The highest BCUT2D eigenvalue weighted by Gasteiger charge is 2.17. The van der Waals surface area contributed by atoms with Gasteiger partial charge in [0.05, 0.1) is 12.5 Å². The third-order valence-electron chi connectivity index (χ3n) is 3.55. The molecule has 5 heteroatoms. The van der Waals surface area contributed by atoms with Crippen molar-refractivity contribution < 1.29 is 9.18 Å². The lowest BCUT2D eigenvalue weighted by atomic mass is 10.0. The average molecular weight is 309 g/mol. The zero-order valence-corrected chi connectivity index (χ0v) is 12.4. The number of nitrogens with one attached hydrogen (secondary N) is 1. The molecule has 1 amide bonds. The number of hydrogen-bond acceptors (Lipinski definition) is 2. The summed E-state index contributed by atoms with van der Waals surface area (Å²) < 4.78 is 15.1. The molecular weight excluding hydrogens is 293 g/mol. The number of rotatable bonds is 5. The molecule has 2 aromatic heterocycles. The quantitative estimate of drug-likeness (QED) is 0.782. The number of benzene rings is 1. The van der Waals surface area contributed by atoms with E-state index in [1.165, 1.54) is 12.1 Å². The first-order valence-corrected chi connectivity index (χ1v) is 7.31. The molecule has 2 heterocycles. The molecule has 3 rings (SSSR count). The van der Waals surface area contributed by atoms with Gasteiger partial charge in [0, 0.05) is 18.6 Å². The van der Waals surface area contributed by atoms with Gasteiger partial charge in [0.2, 0.25) is 5.91 Å². The summed E-state index contributed by atoms with van der Waals surface area (Å²) in [6.45, 7) is 0. The second-order valence-electron chi connectivity index (χ2n) is 5.16. The van der Waals surface area contributed by atoms with Crippen LogP contribution in [0.1, 0.15) is 18.0 Å². The fourth-order valence-corrected chi connectivity index (χ4v) is 2.44. The van der Waals surface area contributed by atoms with Crippen LogP contribution in [0.15, 0.2) is 73.2 Å². The lowest BCUT2D eigenvalue weighted by molar-refractivity contribution is -0.116. The summed E-state index contributed by atoms with van der Waals surface area (Å²) in [6.07, 6.45) is 5.64. The Hall–Kier alpha value is -2.95. The first-order chi connectivity index (χ1) is 11.2. The number of anilines is 1. The topological polar surface area (TPSA) is 46.9 Å². The number of carbonyl (C=O) groups is 1. The Morgan fingerprint density at radius 2 is 1.83 bits per heavy atom. The van der Waals surface area contributed by atoms with Crippen LogP contribution in [0.25, 0.3) is 0 Å². The molecule has 0 saturated carbocycles.